The van der Waals surface area contributed by atoms with Crippen LogP contribution in [0.15, 0.2) is 109 Å². The maximum atomic E-state index is 13.0. The fraction of sp³-hybridized carbons (Fsp3) is 0.282. The van der Waals surface area contributed by atoms with E-state index in [1.165, 1.54) is 22.5 Å². The molecule has 0 unspecified atom stereocenters. The number of carbonyl (C=O) groups is 1. The molecule has 5 rings (SSSR count). The van der Waals surface area contributed by atoms with E-state index in [0.29, 0.717) is 24.6 Å². The average molecular weight is 650 g/mol. The Hall–Kier alpha value is -4.66. The third-order valence-corrected chi connectivity index (χ3v) is 8.81. The zero-order valence-electron chi connectivity index (χ0n) is 27.4. The second-order valence-corrected chi connectivity index (χ2v) is 12.5. The maximum absolute atomic E-state index is 13.0. The summed E-state index contributed by atoms with van der Waals surface area (Å²) in [6.45, 7) is 4.72. The van der Waals surface area contributed by atoms with Crippen molar-refractivity contribution in [1.82, 2.24) is 15.2 Å². The topological polar surface area (TPSA) is 72.9 Å². The molecule has 0 radical (unpaired) electrons. The molecule has 0 aliphatic heterocycles. The van der Waals surface area contributed by atoms with E-state index in [2.05, 4.69) is 52.7 Å². The van der Waals surface area contributed by atoms with Crippen molar-refractivity contribution in [2.24, 2.45) is 0 Å². The molecule has 7 nitrogen and oxygen atoms in total. The van der Waals surface area contributed by atoms with E-state index in [1.807, 2.05) is 73.0 Å². The van der Waals surface area contributed by atoms with Crippen LogP contribution in [-0.2, 0) is 32.5 Å². The van der Waals surface area contributed by atoms with Crippen molar-refractivity contribution >= 4 is 17.2 Å². The molecule has 1 heterocycles. The number of hydrogen-bond acceptors (Lipinski definition) is 7. The second-order valence-electron chi connectivity index (χ2n) is 11.6. The van der Waals surface area contributed by atoms with Crippen LogP contribution in [0.4, 0.5) is 0 Å². The van der Waals surface area contributed by atoms with E-state index in [0.717, 1.165) is 60.0 Å². The standard InChI is InChI=1S/C39H43N3O4S/c1-29(14-15-30-10-6-4-7-11-30)40-39(43)35-28-47-38(41-35)26-42(23-22-31-18-21-36(44-2)37(24-31)45-3)25-32-16-19-34(20-17-32)46-27-33-12-8-5-9-13-33/h4-13,16-21,24,28-29H,14-15,22-23,25-27H2,1-3H3,(H,40,43)/t29-/m1/s1. The van der Waals surface area contributed by atoms with Gasteiger partial charge in [-0.05, 0) is 72.7 Å². The van der Waals surface area contributed by atoms with Gasteiger partial charge in [-0.2, -0.15) is 0 Å². The van der Waals surface area contributed by atoms with Gasteiger partial charge in [-0.25, -0.2) is 4.98 Å². The van der Waals surface area contributed by atoms with Crippen LogP contribution >= 0.6 is 11.3 Å². The molecule has 0 spiro atoms. The van der Waals surface area contributed by atoms with Gasteiger partial charge in [0.15, 0.2) is 11.5 Å². The smallest absolute Gasteiger partial charge is 0.270 e. The Balaban J connectivity index is 1.22. The first-order chi connectivity index (χ1) is 23.0. The van der Waals surface area contributed by atoms with Gasteiger partial charge in [0.2, 0.25) is 0 Å². The van der Waals surface area contributed by atoms with Crippen molar-refractivity contribution in [3.8, 4) is 17.2 Å². The number of carbonyl (C=O) groups excluding carboxylic acids is 1. The second kappa shape index (κ2) is 17.3. The molecular weight excluding hydrogens is 607 g/mol. The van der Waals surface area contributed by atoms with Crippen molar-refractivity contribution in [3.63, 3.8) is 0 Å². The Morgan fingerprint density at radius 1 is 0.787 bits per heavy atom. The minimum atomic E-state index is -0.129. The van der Waals surface area contributed by atoms with Gasteiger partial charge < -0.3 is 19.5 Å². The van der Waals surface area contributed by atoms with E-state index < -0.39 is 0 Å². The van der Waals surface area contributed by atoms with Crippen molar-refractivity contribution in [2.45, 2.75) is 51.9 Å². The Labute approximate surface area is 282 Å². The molecule has 0 bridgehead atoms. The quantitative estimate of drug-likeness (QED) is 0.111. The summed E-state index contributed by atoms with van der Waals surface area (Å²) in [5.74, 6) is 2.14. The molecule has 1 atom stereocenters. The number of methoxy groups -OCH3 is 2. The van der Waals surface area contributed by atoms with E-state index in [9.17, 15) is 4.79 Å². The Morgan fingerprint density at radius 2 is 1.47 bits per heavy atom. The number of nitrogens with one attached hydrogen (secondary N) is 1. The molecule has 0 aliphatic carbocycles. The molecule has 0 saturated heterocycles. The van der Waals surface area contributed by atoms with Crippen LogP contribution in [0.5, 0.6) is 17.2 Å². The number of nitrogens with zero attached hydrogens (tertiary/aromatic N) is 2. The molecule has 4 aromatic carbocycles. The van der Waals surface area contributed by atoms with Gasteiger partial charge in [-0.1, -0.05) is 78.9 Å². The van der Waals surface area contributed by atoms with Gasteiger partial charge in [0.1, 0.15) is 23.1 Å². The molecule has 1 aromatic heterocycles. The summed E-state index contributed by atoms with van der Waals surface area (Å²) in [6.07, 6.45) is 2.60. The molecule has 1 amide bonds. The van der Waals surface area contributed by atoms with Crippen LogP contribution in [0.2, 0.25) is 0 Å². The van der Waals surface area contributed by atoms with Crippen molar-refractivity contribution < 1.29 is 19.0 Å². The molecule has 5 aromatic rings. The highest BCUT2D eigenvalue weighted by Gasteiger charge is 2.17. The lowest BCUT2D eigenvalue weighted by Gasteiger charge is -2.22. The SMILES string of the molecule is COc1ccc(CCN(Cc2ccc(OCc3ccccc3)cc2)Cc2nc(C(=O)N[C@H](C)CCc3ccccc3)cs2)cc1OC. The lowest BCUT2D eigenvalue weighted by Crippen LogP contribution is -2.33. The van der Waals surface area contributed by atoms with Gasteiger partial charge in [-0.3, -0.25) is 9.69 Å². The summed E-state index contributed by atoms with van der Waals surface area (Å²) < 4.78 is 17.0. The molecule has 47 heavy (non-hydrogen) atoms. The Morgan fingerprint density at radius 3 is 2.17 bits per heavy atom. The van der Waals surface area contributed by atoms with Crippen LogP contribution in [0.1, 0.15) is 51.1 Å². The van der Waals surface area contributed by atoms with Crippen LogP contribution in [-0.4, -0.2) is 42.6 Å². The summed E-state index contributed by atoms with van der Waals surface area (Å²) >= 11 is 1.52. The van der Waals surface area contributed by atoms with Crippen LogP contribution in [0.3, 0.4) is 0 Å². The maximum Gasteiger partial charge on any atom is 0.270 e. The number of benzene rings is 4. The van der Waals surface area contributed by atoms with Gasteiger partial charge in [-0.15, -0.1) is 11.3 Å². The van der Waals surface area contributed by atoms with E-state index in [1.54, 1.807) is 14.2 Å². The zero-order chi connectivity index (χ0) is 32.8. The van der Waals surface area contributed by atoms with Crippen molar-refractivity contribution in [1.29, 1.82) is 0 Å². The largest absolute Gasteiger partial charge is 0.493 e. The number of thiazole rings is 1. The van der Waals surface area contributed by atoms with Gasteiger partial charge in [0.25, 0.3) is 5.91 Å². The number of aryl methyl sites for hydroxylation is 1. The van der Waals surface area contributed by atoms with Crippen LogP contribution in [0.25, 0.3) is 0 Å². The molecule has 0 aliphatic rings. The number of hydrogen-bond donors (Lipinski definition) is 1. The lowest BCUT2D eigenvalue weighted by molar-refractivity contribution is 0.0933. The van der Waals surface area contributed by atoms with E-state index >= 15 is 0 Å². The third-order valence-electron chi connectivity index (χ3n) is 7.97. The van der Waals surface area contributed by atoms with Gasteiger partial charge in [0, 0.05) is 24.5 Å². The number of aromatic nitrogens is 1. The first kappa shape index (κ1) is 33.7. The normalized spacial score (nSPS) is 11.7. The minimum absolute atomic E-state index is 0.0467. The molecule has 0 saturated carbocycles. The van der Waals surface area contributed by atoms with E-state index in [4.69, 9.17) is 19.2 Å². The summed E-state index contributed by atoms with van der Waals surface area (Å²) in [5, 5.41) is 5.89. The predicted molar refractivity (Wildman–Crippen MR) is 188 cm³/mol. The highest BCUT2D eigenvalue weighted by Crippen LogP contribution is 2.28. The monoisotopic (exact) mass is 649 g/mol. The first-order valence-corrected chi connectivity index (χ1v) is 16.8. The van der Waals surface area contributed by atoms with Gasteiger partial charge >= 0.3 is 0 Å². The Kier molecular flexibility index (Phi) is 12.4. The lowest BCUT2D eigenvalue weighted by atomic mass is 10.1. The Bertz CT molecular complexity index is 1680. The van der Waals surface area contributed by atoms with Gasteiger partial charge in [0.05, 0.1) is 20.8 Å². The van der Waals surface area contributed by atoms with Crippen LogP contribution < -0.4 is 19.5 Å². The summed E-state index contributed by atoms with van der Waals surface area (Å²) in [7, 11) is 3.30. The number of amides is 1. The van der Waals surface area contributed by atoms with E-state index in [-0.39, 0.29) is 11.9 Å². The zero-order valence-corrected chi connectivity index (χ0v) is 28.2. The van der Waals surface area contributed by atoms with Crippen molar-refractivity contribution in [2.75, 3.05) is 20.8 Å². The summed E-state index contributed by atoms with van der Waals surface area (Å²) in [4.78, 5) is 20.1. The highest BCUT2D eigenvalue weighted by atomic mass is 32.1. The number of rotatable bonds is 17. The molecule has 0 fully saturated rings. The van der Waals surface area contributed by atoms with Crippen LogP contribution in [0, 0.1) is 0 Å². The predicted octanol–water partition coefficient (Wildman–Crippen LogP) is 7.74. The fourth-order valence-corrected chi connectivity index (χ4v) is 6.12. The average Bonchev–Trinajstić information content (AvgIpc) is 3.59. The molecule has 1 N–H and O–H groups in total. The highest BCUT2D eigenvalue weighted by molar-refractivity contribution is 7.09. The molecule has 244 valence electrons. The third kappa shape index (κ3) is 10.4. The van der Waals surface area contributed by atoms with Crippen molar-refractivity contribution in [3.05, 3.63) is 141 Å². The number of ether oxygens (including phenoxy) is 3. The first-order valence-electron chi connectivity index (χ1n) is 16.0. The minimum Gasteiger partial charge on any atom is -0.493 e. The molecular formula is C39H43N3O4S. The summed E-state index contributed by atoms with van der Waals surface area (Å²) in [5.41, 5.74) is 5.20. The fourth-order valence-electron chi connectivity index (χ4n) is 5.30. The molecule has 8 heteroatoms. The summed E-state index contributed by atoms with van der Waals surface area (Å²) in [6, 6.07) is 34.9.